The number of nitrogens with zero attached hydrogens (tertiary/aromatic N) is 2. The SMILES string of the molecule is O=c1nc(Cl)cc2n1CCc1cc(O)c(O)cc1-2. The molecule has 18 heavy (non-hydrogen) atoms. The van der Waals surface area contributed by atoms with Crippen LogP contribution in [0.2, 0.25) is 5.15 Å². The minimum atomic E-state index is -0.407. The Bertz CT molecular complexity index is 709. The Balaban J connectivity index is 2.34. The second kappa shape index (κ2) is 3.74. The van der Waals surface area contributed by atoms with Crippen LogP contribution in [0.25, 0.3) is 11.3 Å². The Morgan fingerprint density at radius 2 is 1.94 bits per heavy atom. The summed E-state index contributed by atoms with van der Waals surface area (Å²) in [6, 6.07) is 4.52. The maximum Gasteiger partial charge on any atom is 0.349 e. The van der Waals surface area contributed by atoms with Gasteiger partial charge in [0, 0.05) is 18.2 Å². The molecule has 1 aromatic carbocycles. The molecule has 2 N–H and O–H groups in total. The standard InChI is InChI=1S/C12H9ClN2O3/c13-11-5-8-7-4-10(17)9(16)3-6(7)1-2-15(8)12(18)14-11/h3-5,16-17H,1-2H2. The number of hydrogen-bond donors (Lipinski definition) is 2. The van der Waals surface area contributed by atoms with Crippen LogP contribution >= 0.6 is 11.6 Å². The van der Waals surface area contributed by atoms with Crippen molar-refractivity contribution >= 4 is 11.6 Å². The van der Waals surface area contributed by atoms with Crippen LogP contribution in [0.3, 0.4) is 0 Å². The molecule has 0 saturated heterocycles. The largest absolute Gasteiger partial charge is 0.504 e. The van der Waals surface area contributed by atoms with Gasteiger partial charge in [-0.3, -0.25) is 4.57 Å². The minimum Gasteiger partial charge on any atom is -0.504 e. The monoisotopic (exact) mass is 264 g/mol. The number of aromatic nitrogens is 2. The van der Waals surface area contributed by atoms with Crippen LogP contribution in [0.1, 0.15) is 5.56 Å². The number of phenolic OH excluding ortho intramolecular Hbond substituents is 2. The Morgan fingerprint density at radius 1 is 1.22 bits per heavy atom. The summed E-state index contributed by atoms with van der Waals surface area (Å²) in [4.78, 5) is 15.4. The lowest BCUT2D eigenvalue weighted by Crippen LogP contribution is -2.28. The average molecular weight is 265 g/mol. The second-order valence-electron chi connectivity index (χ2n) is 4.15. The van der Waals surface area contributed by atoms with E-state index in [1.807, 2.05) is 0 Å². The smallest absolute Gasteiger partial charge is 0.349 e. The van der Waals surface area contributed by atoms with Gasteiger partial charge < -0.3 is 10.2 Å². The Morgan fingerprint density at radius 3 is 2.72 bits per heavy atom. The van der Waals surface area contributed by atoms with Gasteiger partial charge in [0.15, 0.2) is 11.5 Å². The second-order valence-corrected chi connectivity index (χ2v) is 4.53. The predicted molar refractivity (Wildman–Crippen MR) is 66.0 cm³/mol. The van der Waals surface area contributed by atoms with Gasteiger partial charge in [-0.15, -0.1) is 0 Å². The van der Waals surface area contributed by atoms with Crippen LogP contribution in [0.15, 0.2) is 23.0 Å². The van der Waals surface area contributed by atoms with Crippen LogP contribution < -0.4 is 5.69 Å². The summed E-state index contributed by atoms with van der Waals surface area (Å²) in [5, 5.41) is 19.1. The highest BCUT2D eigenvalue weighted by molar-refractivity contribution is 6.29. The number of hydrogen-bond acceptors (Lipinski definition) is 4. The van der Waals surface area contributed by atoms with E-state index in [0.717, 1.165) is 5.56 Å². The van der Waals surface area contributed by atoms with Crippen LogP contribution in [0, 0.1) is 0 Å². The van der Waals surface area contributed by atoms with E-state index in [9.17, 15) is 15.0 Å². The Hall–Kier alpha value is -2.01. The molecule has 0 amide bonds. The average Bonchev–Trinajstić information content (AvgIpc) is 2.30. The number of aryl methyl sites for hydroxylation is 1. The number of benzene rings is 1. The Labute approximate surface area is 107 Å². The number of fused-ring (bicyclic) bond motifs is 3. The van der Waals surface area contributed by atoms with Crippen molar-refractivity contribution in [1.29, 1.82) is 0 Å². The van der Waals surface area contributed by atoms with Crippen molar-refractivity contribution in [2.75, 3.05) is 0 Å². The van der Waals surface area contributed by atoms with Gasteiger partial charge in [-0.1, -0.05) is 11.6 Å². The first kappa shape index (κ1) is 11.1. The van der Waals surface area contributed by atoms with Gasteiger partial charge in [0.2, 0.25) is 0 Å². The number of rotatable bonds is 0. The molecule has 0 fully saturated rings. The fourth-order valence-electron chi connectivity index (χ4n) is 2.21. The van der Waals surface area contributed by atoms with E-state index >= 15 is 0 Å². The summed E-state index contributed by atoms with van der Waals surface area (Å²) in [7, 11) is 0. The molecule has 0 aliphatic carbocycles. The summed E-state index contributed by atoms with van der Waals surface area (Å²) < 4.78 is 1.50. The molecule has 0 radical (unpaired) electrons. The highest BCUT2D eigenvalue weighted by atomic mass is 35.5. The van der Waals surface area contributed by atoms with E-state index in [1.165, 1.54) is 16.7 Å². The highest BCUT2D eigenvalue weighted by Crippen LogP contribution is 2.36. The normalized spacial score (nSPS) is 12.9. The third-order valence-electron chi connectivity index (χ3n) is 3.06. The zero-order chi connectivity index (χ0) is 12.9. The van der Waals surface area contributed by atoms with Crippen molar-refractivity contribution in [1.82, 2.24) is 9.55 Å². The molecule has 6 heteroatoms. The molecule has 2 heterocycles. The van der Waals surface area contributed by atoms with E-state index in [0.29, 0.717) is 24.2 Å². The first-order valence-corrected chi connectivity index (χ1v) is 5.76. The van der Waals surface area contributed by atoms with Crippen LogP contribution in [0.5, 0.6) is 11.5 Å². The molecular weight excluding hydrogens is 256 g/mol. The highest BCUT2D eigenvalue weighted by Gasteiger charge is 2.20. The van der Waals surface area contributed by atoms with E-state index < -0.39 is 5.69 Å². The van der Waals surface area contributed by atoms with Crippen molar-refractivity contribution in [3.63, 3.8) is 0 Å². The summed E-state index contributed by atoms with van der Waals surface area (Å²) in [6.07, 6.45) is 0.597. The first-order chi connectivity index (χ1) is 8.56. The van der Waals surface area contributed by atoms with Gasteiger partial charge in [-0.25, -0.2) is 4.79 Å². The summed E-state index contributed by atoms with van der Waals surface area (Å²) in [5.74, 6) is -0.382. The predicted octanol–water partition coefficient (Wildman–Crippen LogP) is 1.53. The molecule has 3 rings (SSSR count). The number of halogens is 1. The molecule has 0 atom stereocenters. The maximum atomic E-state index is 11.7. The summed E-state index contributed by atoms with van der Waals surface area (Å²) in [6.45, 7) is 0.482. The quantitative estimate of drug-likeness (QED) is 0.559. The van der Waals surface area contributed by atoms with Gasteiger partial charge in [0.05, 0.1) is 5.69 Å². The Kier molecular flexibility index (Phi) is 2.31. The minimum absolute atomic E-state index is 0.117. The summed E-state index contributed by atoms with van der Waals surface area (Å²) in [5.41, 5.74) is 1.76. The molecule has 1 aliphatic heterocycles. The van der Waals surface area contributed by atoms with Crippen molar-refractivity contribution in [2.24, 2.45) is 0 Å². The first-order valence-electron chi connectivity index (χ1n) is 5.39. The van der Waals surface area contributed by atoms with Crippen molar-refractivity contribution < 1.29 is 10.2 Å². The molecule has 92 valence electrons. The fourth-order valence-corrected chi connectivity index (χ4v) is 2.39. The van der Waals surface area contributed by atoms with Crippen LogP contribution in [-0.2, 0) is 13.0 Å². The topological polar surface area (TPSA) is 75.4 Å². The van der Waals surface area contributed by atoms with Gasteiger partial charge in [-0.2, -0.15) is 4.98 Å². The summed E-state index contributed by atoms with van der Waals surface area (Å²) >= 11 is 5.78. The zero-order valence-electron chi connectivity index (χ0n) is 9.22. The number of phenols is 2. The van der Waals surface area contributed by atoms with Crippen LogP contribution in [-0.4, -0.2) is 19.8 Å². The molecular formula is C12H9ClN2O3. The molecule has 0 spiro atoms. The van der Waals surface area contributed by atoms with Gasteiger partial charge >= 0.3 is 5.69 Å². The lowest BCUT2D eigenvalue weighted by atomic mass is 9.97. The van der Waals surface area contributed by atoms with Gasteiger partial charge in [0.1, 0.15) is 5.15 Å². The lowest BCUT2D eigenvalue weighted by molar-refractivity contribution is 0.403. The third-order valence-corrected chi connectivity index (χ3v) is 3.25. The van der Waals surface area contributed by atoms with Crippen molar-refractivity contribution in [2.45, 2.75) is 13.0 Å². The molecule has 0 bridgehead atoms. The van der Waals surface area contributed by atoms with Crippen LogP contribution in [0.4, 0.5) is 0 Å². The molecule has 1 aromatic heterocycles. The molecule has 5 nitrogen and oxygen atoms in total. The lowest BCUT2D eigenvalue weighted by Gasteiger charge is -2.21. The maximum absolute atomic E-state index is 11.7. The van der Waals surface area contributed by atoms with E-state index in [4.69, 9.17) is 11.6 Å². The molecule has 0 unspecified atom stereocenters. The fraction of sp³-hybridized carbons (Fsp3) is 0.167. The molecule has 1 aliphatic rings. The van der Waals surface area contributed by atoms with E-state index in [2.05, 4.69) is 4.98 Å². The van der Waals surface area contributed by atoms with Crippen molar-refractivity contribution in [3.05, 3.63) is 39.4 Å². The van der Waals surface area contributed by atoms with Gasteiger partial charge in [-0.05, 0) is 24.1 Å². The van der Waals surface area contributed by atoms with E-state index in [-0.39, 0.29) is 16.7 Å². The molecule has 0 saturated carbocycles. The number of aromatic hydroxyl groups is 2. The van der Waals surface area contributed by atoms with Gasteiger partial charge in [0.25, 0.3) is 0 Å². The third kappa shape index (κ3) is 1.55. The van der Waals surface area contributed by atoms with Crippen molar-refractivity contribution in [3.8, 4) is 22.8 Å². The molecule has 2 aromatic rings. The van der Waals surface area contributed by atoms with E-state index in [1.54, 1.807) is 6.07 Å². The zero-order valence-corrected chi connectivity index (χ0v) is 9.98.